The topological polar surface area (TPSA) is 114 Å². The van der Waals surface area contributed by atoms with Crippen LogP contribution in [0.1, 0.15) is 41.7 Å². The van der Waals surface area contributed by atoms with E-state index in [-0.39, 0.29) is 4.90 Å². The van der Waals surface area contributed by atoms with Crippen molar-refractivity contribution in [1.29, 1.82) is 0 Å². The van der Waals surface area contributed by atoms with E-state index in [1.165, 1.54) is 4.31 Å². The number of aryl methyl sites for hydroxylation is 3. The summed E-state index contributed by atoms with van der Waals surface area (Å²) in [5.74, 6) is 1.46. The lowest BCUT2D eigenvalue weighted by atomic mass is 10.2. The van der Waals surface area contributed by atoms with Crippen molar-refractivity contribution in [3.8, 4) is 0 Å². The molecular formula is C19H22N6O3S. The molecule has 1 fully saturated rings. The van der Waals surface area contributed by atoms with Gasteiger partial charge in [0.05, 0.1) is 24.1 Å². The van der Waals surface area contributed by atoms with Gasteiger partial charge in [-0.05, 0) is 45.7 Å². The van der Waals surface area contributed by atoms with Gasteiger partial charge in [0.2, 0.25) is 10.0 Å². The van der Waals surface area contributed by atoms with Crippen LogP contribution in [0.5, 0.6) is 0 Å². The van der Waals surface area contributed by atoms with Crippen molar-refractivity contribution >= 4 is 21.7 Å². The summed E-state index contributed by atoms with van der Waals surface area (Å²) in [4.78, 5) is 13.4. The van der Waals surface area contributed by atoms with Gasteiger partial charge in [-0.2, -0.15) is 4.31 Å². The van der Waals surface area contributed by atoms with Crippen molar-refractivity contribution in [1.82, 2.24) is 24.4 Å². The molecule has 0 aliphatic carbocycles. The summed E-state index contributed by atoms with van der Waals surface area (Å²) in [7, 11) is -3.75. The Morgan fingerprint density at radius 1 is 1.14 bits per heavy atom. The van der Waals surface area contributed by atoms with Gasteiger partial charge in [-0.3, -0.25) is 4.98 Å². The molecule has 1 aliphatic heterocycles. The predicted molar refractivity (Wildman–Crippen MR) is 106 cm³/mol. The summed E-state index contributed by atoms with van der Waals surface area (Å²) in [6.45, 7) is 5.56. The molecule has 0 saturated carbocycles. The second-order valence-electron chi connectivity index (χ2n) is 7.05. The van der Waals surface area contributed by atoms with Crippen LogP contribution in [-0.2, 0) is 10.0 Å². The average Bonchev–Trinajstić information content (AvgIpc) is 3.29. The highest BCUT2D eigenvalue weighted by Gasteiger charge is 2.40. The van der Waals surface area contributed by atoms with Crippen LogP contribution in [0.15, 0.2) is 40.0 Å². The Bertz CT molecular complexity index is 1120. The average molecular weight is 414 g/mol. The minimum Gasteiger partial charge on any atom is -0.360 e. The van der Waals surface area contributed by atoms with E-state index >= 15 is 0 Å². The number of rotatable bonds is 5. The number of hydrogen-bond acceptors (Lipinski definition) is 8. The van der Waals surface area contributed by atoms with Gasteiger partial charge in [-0.1, -0.05) is 11.2 Å². The van der Waals surface area contributed by atoms with Gasteiger partial charge in [0.1, 0.15) is 22.2 Å². The van der Waals surface area contributed by atoms with Gasteiger partial charge in [0.25, 0.3) is 0 Å². The summed E-state index contributed by atoms with van der Waals surface area (Å²) in [6, 6.07) is 5.25. The van der Waals surface area contributed by atoms with Crippen LogP contribution < -0.4 is 5.32 Å². The first-order chi connectivity index (χ1) is 13.9. The molecule has 0 aromatic carbocycles. The third-order valence-electron chi connectivity index (χ3n) is 4.88. The summed E-state index contributed by atoms with van der Waals surface area (Å²) in [5.41, 5.74) is 1.84. The van der Waals surface area contributed by atoms with E-state index in [2.05, 4.69) is 25.4 Å². The highest BCUT2D eigenvalue weighted by atomic mass is 32.2. The monoisotopic (exact) mass is 414 g/mol. The van der Waals surface area contributed by atoms with Crippen molar-refractivity contribution in [3.05, 3.63) is 53.4 Å². The van der Waals surface area contributed by atoms with Crippen LogP contribution in [0.2, 0.25) is 0 Å². The van der Waals surface area contributed by atoms with E-state index in [9.17, 15) is 8.42 Å². The first kappa shape index (κ1) is 19.5. The summed E-state index contributed by atoms with van der Waals surface area (Å²) in [6.07, 6.45) is 4.62. The molecule has 4 rings (SSSR count). The van der Waals surface area contributed by atoms with Crippen molar-refractivity contribution in [3.63, 3.8) is 0 Å². The molecule has 29 heavy (non-hydrogen) atoms. The fraction of sp³-hybridized carbons (Fsp3) is 0.368. The normalized spacial score (nSPS) is 17.6. The molecule has 0 spiro atoms. The Labute approximate surface area is 169 Å². The van der Waals surface area contributed by atoms with Gasteiger partial charge >= 0.3 is 0 Å². The lowest BCUT2D eigenvalue weighted by molar-refractivity contribution is 0.381. The molecule has 1 saturated heterocycles. The van der Waals surface area contributed by atoms with Gasteiger partial charge in [0.15, 0.2) is 5.76 Å². The zero-order chi connectivity index (χ0) is 20.6. The second-order valence-corrected chi connectivity index (χ2v) is 8.87. The van der Waals surface area contributed by atoms with E-state index in [0.717, 1.165) is 12.1 Å². The minimum absolute atomic E-state index is 0.135. The molecule has 10 heteroatoms. The number of nitrogens with zero attached hydrogens (tertiary/aromatic N) is 5. The van der Waals surface area contributed by atoms with E-state index in [4.69, 9.17) is 4.52 Å². The van der Waals surface area contributed by atoms with Crippen molar-refractivity contribution in [2.45, 2.75) is 44.6 Å². The summed E-state index contributed by atoms with van der Waals surface area (Å²) < 4.78 is 33.1. The maximum atomic E-state index is 13.3. The van der Waals surface area contributed by atoms with E-state index in [1.807, 2.05) is 25.1 Å². The van der Waals surface area contributed by atoms with Crippen LogP contribution in [0.4, 0.5) is 11.6 Å². The maximum absolute atomic E-state index is 13.3. The molecule has 9 nitrogen and oxygen atoms in total. The third-order valence-corrected chi connectivity index (χ3v) is 7.03. The molecule has 1 atom stereocenters. The van der Waals surface area contributed by atoms with Gasteiger partial charge in [-0.25, -0.2) is 18.4 Å². The van der Waals surface area contributed by atoms with E-state index in [1.54, 1.807) is 26.2 Å². The van der Waals surface area contributed by atoms with E-state index in [0.29, 0.717) is 41.7 Å². The fourth-order valence-corrected chi connectivity index (χ4v) is 5.59. The number of hydrogen-bond donors (Lipinski definition) is 1. The molecule has 0 unspecified atom stereocenters. The zero-order valence-corrected chi connectivity index (χ0v) is 17.3. The Balaban J connectivity index is 1.64. The van der Waals surface area contributed by atoms with E-state index < -0.39 is 16.1 Å². The number of sulfonamides is 1. The summed E-state index contributed by atoms with van der Waals surface area (Å²) >= 11 is 0. The third kappa shape index (κ3) is 3.73. The van der Waals surface area contributed by atoms with Crippen molar-refractivity contribution in [2.75, 3.05) is 11.9 Å². The van der Waals surface area contributed by atoms with Gasteiger partial charge in [0, 0.05) is 12.2 Å². The van der Waals surface area contributed by atoms with Crippen molar-refractivity contribution < 1.29 is 12.9 Å². The second kappa shape index (κ2) is 7.53. The zero-order valence-electron chi connectivity index (χ0n) is 16.5. The van der Waals surface area contributed by atoms with Crippen LogP contribution in [0.3, 0.4) is 0 Å². The Morgan fingerprint density at radius 2 is 1.97 bits per heavy atom. The Hall–Kier alpha value is -2.85. The quantitative estimate of drug-likeness (QED) is 0.677. The highest BCUT2D eigenvalue weighted by Crippen LogP contribution is 2.37. The van der Waals surface area contributed by atoms with Crippen LogP contribution in [0, 0.1) is 20.8 Å². The first-order valence-electron chi connectivity index (χ1n) is 9.33. The maximum Gasteiger partial charge on any atom is 0.249 e. The molecule has 4 heterocycles. The lowest BCUT2D eigenvalue weighted by Crippen LogP contribution is -2.31. The summed E-state index contributed by atoms with van der Waals surface area (Å²) in [5, 5.41) is 6.92. The fourth-order valence-electron chi connectivity index (χ4n) is 3.63. The molecule has 152 valence electrons. The molecule has 1 N–H and O–H groups in total. The van der Waals surface area contributed by atoms with Gasteiger partial charge < -0.3 is 9.84 Å². The van der Waals surface area contributed by atoms with Crippen LogP contribution in [0.25, 0.3) is 0 Å². The molecule has 3 aromatic heterocycles. The highest BCUT2D eigenvalue weighted by molar-refractivity contribution is 7.89. The number of pyridine rings is 1. The standard InChI is InChI=1S/C19H22N6O3S/c1-12-6-4-8-17(21-12)23-18-11-20-10-15(22-18)16-7-5-9-25(16)29(26,27)19-13(2)24-28-14(19)3/h4,6,8,10-11,16H,5,7,9H2,1-3H3,(H,21,22,23)/t16-/m0/s1. The number of nitrogens with one attached hydrogen (secondary N) is 1. The van der Waals surface area contributed by atoms with Crippen LogP contribution in [-0.4, -0.2) is 39.4 Å². The van der Waals surface area contributed by atoms with Gasteiger partial charge in [-0.15, -0.1) is 0 Å². The molecular weight excluding hydrogens is 392 g/mol. The molecule has 0 amide bonds. The van der Waals surface area contributed by atoms with Crippen molar-refractivity contribution in [2.24, 2.45) is 0 Å². The minimum atomic E-state index is -3.75. The number of anilines is 2. The SMILES string of the molecule is Cc1cccc(Nc2cncc([C@@H]3CCCN3S(=O)(=O)c3c(C)noc3C)n2)n1. The largest absolute Gasteiger partial charge is 0.360 e. The predicted octanol–water partition coefficient (Wildman–Crippen LogP) is 3.05. The lowest BCUT2D eigenvalue weighted by Gasteiger charge is -2.23. The molecule has 0 bridgehead atoms. The molecule has 1 aliphatic rings. The Kier molecular flexibility index (Phi) is 5.05. The van der Waals surface area contributed by atoms with Crippen LogP contribution >= 0.6 is 0 Å². The molecule has 3 aromatic rings. The molecule has 0 radical (unpaired) electrons. The number of aromatic nitrogens is 4. The Morgan fingerprint density at radius 3 is 2.69 bits per heavy atom. The smallest absolute Gasteiger partial charge is 0.249 e. The first-order valence-corrected chi connectivity index (χ1v) is 10.8.